The number of rotatable bonds is 2. The highest BCUT2D eigenvalue weighted by molar-refractivity contribution is 6.01. The molecular weight excluding hydrogens is 378 g/mol. The molecule has 13 heteroatoms. The van der Waals surface area contributed by atoms with Crippen LogP contribution in [0.1, 0.15) is 11.1 Å². The van der Waals surface area contributed by atoms with Gasteiger partial charge in [-0.15, -0.1) is 0 Å². The fourth-order valence-electron chi connectivity index (χ4n) is 2.31. The Morgan fingerprint density at radius 3 is 2.12 bits per heavy atom. The highest BCUT2D eigenvalue weighted by Gasteiger charge is 2.45. The quantitative estimate of drug-likeness (QED) is 0.660. The number of amides is 2. The molecule has 0 radical (unpaired) electrons. The third kappa shape index (κ3) is 3.67. The topological polar surface area (TPSA) is 113 Å². The minimum atomic E-state index is -5.40. The van der Waals surface area contributed by atoms with Crippen molar-refractivity contribution in [3.05, 3.63) is 23.3 Å². The third-order valence-electron chi connectivity index (χ3n) is 3.45. The first-order chi connectivity index (χ1) is 11.7. The van der Waals surface area contributed by atoms with Crippen LogP contribution in [0.25, 0.3) is 0 Å². The molecule has 1 aliphatic rings. The number of alkyl halides is 6. The van der Waals surface area contributed by atoms with Gasteiger partial charge in [-0.1, -0.05) is 0 Å². The summed E-state index contributed by atoms with van der Waals surface area (Å²) in [5.41, 5.74) is -0.255. The molecule has 26 heavy (non-hydrogen) atoms. The van der Waals surface area contributed by atoms with Crippen molar-refractivity contribution in [1.82, 2.24) is 0 Å². The van der Waals surface area contributed by atoms with Crippen LogP contribution >= 0.6 is 0 Å². The first-order valence-electron chi connectivity index (χ1n) is 6.70. The Bertz CT molecular complexity index is 748. The van der Waals surface area contributed by atoms with Gasteiger partial charge in [-0.05, 0) is 12.1 Å². The van der Waals surface area contributed by atoms with Gasteiger partial charge in [0, 0.05) is 0 Å². The lowest BCUT2D eigenvalue weighted by Crippen LogP contribution is -2.31. The highest BCUT2D eigenvalue weighted by atomic mass is 19.4. The molecule has 2 amide bonds. The van der Waals surface area contributed by atoms with Crippen molar-refractivity contribution in [3.8, 4) is 5.75 Å². The van der Waals surface area contributed by atoms with Crippen LogP contribution in [0.15, 0.2) is 12.1 Å². The van der Waals surface area contributed by atoms with Crippen LogP contribution in [0.4, 0.5) is 36.8 Å². The third-order valence-corrected chi connectivity index (χ3v) is 3.45. The van der Waals surface area contributed by atoms with Gasteiger partial charge in [0.05, 0.1) is 17.8 Å². The summed E-state index contributed by atoms with van der Waals surface area (Å²) in [6.45, 7) is -0.826. The average Bonchev–Trinajstić information content (AvgIpc) is 2.72. The smallest absolute Gasteiger partial charge is 0.408 e. The molecule has 1 fully saturated rings. The molecule has 1 aromatic rings. The van der Waals surface area contributed by atoms with Crippen molar-refractivity contribution >= 4 is 17.7 Å². The normalized spacial score (nSPS) is 21.2. The second kappa shape index (κ2) is 6.32. The number of hydrogen-bond donors (Lipinski definition) is 3. The summed E-state index contributed by atoms with van der Waals surface area (Å²) in [5.74, 6) is -2.83. The van der Waals surface area contributed by atoms with Gasteiger partial charge >= 0.3 is 18.4 Å². The van der Waals surface area contributed by atoms with Gasteiger partial charge in [-0.25, -0.2) is 4.79 Å². The lowest BCUT2D eigenvalue weighted by molar-refractivity contribution is -0.143. The van der Waals surface area contributed by atoms with Crippen molar-refractivity contribution in [2.75, 3.05) is 11.4 Å². The van der Waals surface area contributed by atoms with Gasteiger partial charge in [-0.3, -0.25) is 4.79 Å². The molecule has 1 saturated heterocycles. The second-order valence-corrected chi connectivity index (χ2v) is 5.25. The maximum Gasteiger partial charge on any atom is 0.420 e. The number of nitrogens with zero attached hydrogens (tertiary/aromatic N) is 1. The SMILES string of the molecule is NC(=O)Oc1c(N2C[C@@H](O)[C@H](O)C2=O)cc(C(F)(F)F)cc1C(F)(F)F. The minimum Gasteiger partial charge on any atom is -0.408 e. The zero-order valence-corrected chi connectivity index (χ0v) is 12.4. The summed E-state index contributed by atoms with van der Waals surface area (Å²) in [5, 5.41) is 18.9. The Morgan fingerprint density at radius 1 is 1.15 bits per heavy atom. The number of carbonyl (C=O) groups excluding carboxylic acids is 2. The number of aliphatic hydroxyl groups is 2. The van der Waals surface area contributed by atoms with Crippen LogP contribution in [0, 0.1) is 0 Å². The molecule has 7 nitrogen and oxygen atoms in total. The molecule has 0 unspecified atom stereocenters. The van der Waals surface area contributed by atoms with E-state index in [0.717, 1.165) is 0 Å². The number of ether oxygens (including phenoxy) is 1. The number of β-amino-alcohol motifs (C(OH)–C–C–N with tert-alkyl or cyclic N) is 1. The van der Waals surface area contributed by atoms with Crippen molar-refractivity contribution < 1.29 is 50.9 Å². The largest absolute Gasteiger partial charge is 0.420 e. The van der Waals surface area contributed by atoms with E-state index in [4.69, 9.17) is 0 Å². The first-order valence-corrected chi connectivity index (χ1v) is 6.70. The van der Waals surface area contributed by atoms with Gasteiger partial charge in [0.25, 0.3) is 5.91 Å². The molecule has 1 aliphatic heterocycles. The van der Waals surface area contributed by atoms with Crippen LogP contribution in [-0.4, -0.2) is 41.0 Å². The van der Waals surface area contributed by atoms with E-state index in [-0.39, 0.29) is 17.0 Å². The Hall–Kier alpha value is -2.54. The maximum absolute atomic E-state index is 13.2. The predicted octanol–water partition coefficient (Wildman–Crippen LogP) is 1.25. The standard InChI is InChI=1S/C13H10F6N2O5/c14-12(15,16)4-1-5(13(17,18)19)9(26-11(20)25)6(2-4)21-3-7(22)8(23)10(21)24/h1-2,7-8,22-23H,3H2,(H2,20,25)/t7-,8+/m1/s1. The fraction of sp³-hybridized carbons (Fsp3) is 0.385. The number of anilines is 1. The van der Waals surface area contributed by atoms with E-state index in [2.05, 4.69) is 10.5 Å². The Balaban J connectivity index is 2.78. The number of aliphatic hydroxyl groups excluding tert-OH is 2. The van der Waals surface area contributed by atoms with E-state index >= 15 is 0 Å². The molecule has 144 valence electrons. The molecule has 1 aromatic carbocycles. The van der Waals surface area contributed by atoms with E-state index in [1.807, 2.05) is 0 Å². The molecule has 2 rings (SSSR count). The molecule has 4 N–H and O–H groups in total. The number of nitrogens with two attached hydrogens (primary N) is 1. The number of primary amides is 1. The van der Waals surface area contributed by atoms with Gasteiger partial charge in [0.2, 0.25) is 0 Å². The van der Waals surface area contributed by atoms with E-state index in [0.29, 0.717) is 0 Å². The van der Waals surface area contributed by atoms with Crippen LogP contribution in [-0.2, 0) is 17.1 Å². The van der Waals surface area contributed by atoms with Gasteiger partial charge in [-0.2, -0.15) is 26.3 Å². The van der Waals surface area contributed by atoms with Gasteiger partial charge < -0.3 is 25.6 Å². The minimum absolute atomic E-state index is 0.121. The van der Waals surface area contributed by atoms with Crippen molar-refractivity contribution in [2.24, 2.45) is 5.73 Å². The summed E-state index contributed by atoms with van der Waals surface area (Å²) in [4.78, 5) is 23.0. The molecular formula is C13H10F6N2O5. The second-order valence-electron chi connectivity index (χ2n) is 5.25. The molecule has 0 aromatic heterocycles. The van der Waals surface area contributed by atoms with Crippen LogP contribution in [0.5, 0.6) is 5.75 Å². The molecule has 0 bridgehead atoms. The molecule has 2 atom stereocenters. The number of carbonyl (C=O) groups is 2. The van der Waals surface area contributed by atoms with E-state index in [1.165, 1.54) is 0 Å². The zero-order valence-electron chi connectivity index (χ0n) is 12.4. The lowest BCUT2D eigenvalue weighted by Gasteiger charge is -2.23. The van der Waals surface area contributed by atoms with Crippen LogP contribution in [0.3, 0.4) is 0 Å². The summed E-state index contributed by atoms with van der Waals surface area (Å²) < 4.78 is 82.6. The average molecular weight is 388 g/mol. The molecule has 1 heterocycles. The highest BCUT2D eigenvalue weighted by Crippen LogP contribution is 2.46. The van der Waals surface area contributed by atoms with Crippen LogP contribution in [0.2, 0.25) is 0 Å². The number of hydrogen-bond acceptors (Lipinski definition) is 5. The molecule has 0 saturated carbocycles. The fourth-order valence-corrected chi connectivity index (χ4v) is 2.31. The molecule has 0 spiro atoms. The van der Waals surface area contributed by atoms with E-state index in [1.54, 1.807) is 0 Å². The summed E-state index contributed by atoms with van der Waals surface area (Å²) in [6, 6.07) is -0.189. The number of halogens is 6. The Kier molecular flexibility index (Phi) is 4.81. The Morgan fingerprint density at radius 2 is 1.73 bits per heavy atom. The summed E-state index contributed by atoms with van der Waals surface area (Å²) in [6.07, 6.45) is -16.3. The number of benzene rings is 1. The maximum atomic E-state index is 13.2. The summed E-state index contributed by atoms with van der Waals surface area (Å²) in [7, 11) is 0. The van der Waals surface area contributed by atoms with E-state index in [9.17, 15) is 46.1 Å². The van der Waals surface area contributed by atoms with Gasteiger partial charge in [0.15, 0.2) is 11.9 Å². The predicted molar refractivity (Wildman–Crippen MR) is 71.0 cm³/mol. The van der Waals surface area contributed by atoms with Gasteiger partial charge in [0.1, 0.15) is 11.7 Å². The molecule has 0 aliphatic carbocycles. The van der Waals surface area contributed by atoms with Crippen molar-refractivity contribution in [1.29, 1.82) is 0 Å². The van der Waals surface area contributed by atoms with Crippen molar-refractivity contribution in [2.45, 2.75) is 24.6 Å². The lowest BCUT2D eigenvalue weighted by atomic mass is 10.1. The Labute approximate surface area is 140 Å². The van der Waals surface area contributed by atoms with Crippen LogP contribution < -0.4 is 15.4 Å². The monoisotopic (exact) mass is 388 g/mol. The first kappa shape index (κ1) is 19.8. The zero-order chi connectivity index (χ0) is 20.0. The van der Waals surface area contributed by atoms with Crippen molar-refractivity contribution in [3.63, 3.8) is 0 Å². The van der Waals surface area contributed by atoms with E-state index < -0.39 is 65.7 Å². The summed E-state index contributed by atoms with van der Waals surface area (Å²) >= 11 is 0.